The SMILES string of the molecule is CNc1c(C(=O)NCC(C)C(C)C)cccc1C(F)(F)F. The summed E-state index contributed by atoms with van der Waals surface area (Å²) in [5.74, 6) is 0.131. The molecule has 1 atom stereocenters. The van der Waals surface area contributed by atoms with Crippen LogP contribution >= 0.6 is 0 Å². The first-order valence-corrected chi connectivity index (χ1v) is 6.84. The quantitative estimate of drug-likeness (QED) is 0.869. The van der Waals surface area contributed by atoms with Crippen molar-refractivity contribution in [1.29, 1.82) is 0 Å². The first-order chi connectivity index (χ1) is 9.68. The molecule has 118 valence electrons. The fourth-order valence-electron chi connectivity index (χ4n) is 1.83. The highest BCUT2D eigenvalue weighted by Gasteiger charge is 2.34. The number of hydrogen-bond donors (Lipinski definition) is 2. The van der Waals surface area contributed by atoms with Crippen LogP contribution in [-0.2, 0) is 6.18 Å². The fourth-order valence-corrected chi connectivity index (χ4v) is 1.83. The number of alkyl halides is 3. The van der Waals surface area contributed by atoms with Crippen LogP contribution in [0.3, 0.4) is 0 Å². The molecule has 1 amide bonds. The number of anilines is 1. The molecule has 0 saturated heterocycles. The van der Waals surface area contributed by atoms with Crippen molar-refractivity contribution in [2.45, 2.75) is 26.9 Å². The van der Waals surface area contributed by atoms with Crippen molar-refractivity contribution in [1.82, 2.24) is 5.32 Å². The molecule has 1 aromatic carbocycles. The zero-order chi connectivity index (χ0) is 16.2. The van der Waals surface area contributed by atoms with Crippen LogP contribution in [0.5, 0.6) is 0 Å². The van der Waals surface area contributed by atoms with Crippen LogP contribution in [-0.4, -0.2) is 19.5 Å². The summed E-state index contributed by atoms with van der Waals surface area (Å²) in [6.45, 7) is 6.46. The molecule has 0 saturated carbocycles. The van der Waals surface area contributed by atoms with E-state index >= 15 is 0 Å². The van der Waals surface area contributed by atoms with Crippen LogP contribution in [0.2, 0.25) is 0 Å². The summed E-state index contributed by atoms with van der Waals surface area (Å²) >= 11 is 0. The Labute approximate surface area is 122 Å². The minimum absolute atomic E-state index is 0.00304. The molecule has 21 heavy (non-hydrogen) atoms. The molecule has 0 radical (unpaired) electrons. The van der Waals surface area contributed by atoms with Crippen molar-refractivity contribution >= 4 is 11.6 Å². The van der Waals surface area contributed by atoms with Gasteiger partial charge in [0.25, 0.3) is 5.91 Å². The molecule has 0 aromatic heterocycles. The van der Waals surface area contributed by atoms with Gasteiger partial charge in [-0.25, -0.2) is 0 Å². The van der Waals surface area contributed by atoms with Crippen LogP contribution in [0.25, 0.3) is 0 Å². The summed E-state index contributed by atoms with van der Waals surface area (Å²) in [4.78, 5) is 12.1. The van der Waals surface area contributed by atoms with E-state index in [1.165, 1.54) is 19.2 Å². The monoisotopic (exact) mass is 302 g/mol. The van der Waals surface area contributed by atoms with Gasteiger partial charge in [-0.3, -0.25) is 4.79 Å². The number of rotatable bonds is 5. The van der Waals surface area contributed by atoms with Gasteiger partial charge >= 0.3 is 6.18 Å². The predicted octanol–water partition coefficient (Wildman–Crippen LogP) is 3.77. The van der Waals surface area contributed by atoms with E-state index in [4.69, 9.17) is 0 Å². The second kappa shape index (κ2) is 6.83. The van der Waals surface area contributed by atoms with E-state index < -0.39 is 17.6 Å². The Morgan fingerprint density at radius 3 is 2.33 bits per heavy atom. The lowest BCUT2D eigenvalue weighted by Gasteiger charge is -2.19. The molecular formula is C15H21F3N2O. The highest BCUT2D eigenvalue weighted by molar-refractivity contribution is 6.00. The first kappa shape index (κ1) is 17.3. The van der Waals surface area contributed by atoms with Crippen LogP contribution in [0.15, 0.2) is 18.2 Å². The van der Waals surface area contributed by atoms with Crippen LogP contribution < -0.4 is 10.6 Å². The van der Waals surface area contributed by atoms with E-state index in [1.54, 1.807) is 0 Å². The van der Waals surface area contributed by atoms with E-state index in [2.05, 4.69) is 10.6 Å². The normalized spacial score (nSPS) is 13.1. The van der Waals surface area contributed by atoms with E-state index in [-0.39, 0.29) is 17.2 Å². The molecule has 0 bridgehead atoms. The summed E-state index contributed by atoms with van der Waals surface area (Å²) in [6.07, 6.45) is -4.50. The topological polar surface area (TPSA) is 41.1 Å². The lowest BCUT2D eigenvalue weighted by atomic mass is 9.98. The van der Waals surface area contributed by atoms with Crippen molar-refractivity contribution in [3.63, 3.8) is 0 Å². The van der Waals surface area contributed by atoms with Crippen molar-refractivity contribution in [3.8, 4) is 0 Å². The average Bonchev–Trinajstić information content (AvgIpc) is 2.42. The average molecular weight is 302 g/mol. The van der Waals surface area contributed by atoms with Crippen molar-refractivity contribution in [3.05, 3.63) is 29.3 Å². The number of halogens is 3. The Morgan fingerprint density at radius 1 is 1.24 bits per heavy atom. The Hall–Kier alpha value is -1.72. The molecule has 0 aliphatic rings. The van der Waals surface area contributed by atoms with Crippen LogP contribution in [0.4, 0.5) is 18.9 Å². The number of carbonyl (C=O) groups excluding carboxylic acids is 1. The lowest BCUT2D eigenvalue weighted by molar-refractivity contribution is -0.136. The molecule has 2 N–H and O–H groups in total. The third kappa shape index (κ3) is 4.37. The zero-order valence-electron chi connectivity index (χ0n) is 12.6. The summed E-state index contributed by atoms with van der Waals surface area (Å²) in [6, 6.07) is 3.58. The van der Waals surface area contributed by atoms with Gasteiger partial charge in [0.2, 0.25) is 0 Å². The van der Waals surface area contributed by atoms with E-state index in [1.807, 2.05) is 20.8 Å². The predicted molar refractivity (Wildman–Crippen MR) is 77.3 cm³/mol. The maximum atomic E-state index is 12.9. The number of para-hydroxylation sites is 1. The molecule has 1 aromatic rings. The van der Waals surface area contributed by atoms with Gasteiger partial charge < -0.3 is 10.6 Å². The van der Waals surface area contributed by atoms with Crippen LogP contribution in [0, 0.1) is 11.8 Å². The summed E-state index contributed by atoms with van der Waals surface area (Å²) in [5.41, 5.74) is -1.03. The van der Waals surface area contributed by atoms with Gasteiger partial charge in [-0.05, 0) is 24.0 Å². The van der Waals surface area contributed by atoms with Gasteiger partial charge in [-0.15, -0.1) is 0 Å². The van der Waals surface area contributed by atoms with Crippen LogP contribution in [0.1, 0.15) is 36.7 Å². The van der Waals surface area contributed by atoms with Gasteiger partial charge in [0, 0.05) is 13.6 Å². The highest BCUT2D eigenvalue weighted by Crippen LogP contribution is 2.36. The number of amides is 1. The number of nitrogens with one attached hydrogen (secondary N) is 2. The first-order valence-electron chi connectivity index (χ1n) is 6.84. The number of benzene rings is 1. The van der Waals surface area contributed by atoms with Gasteiger partial charge in [-0.2, -0.15) is 13.2 Å². The fraction of sp³-hybridized carbons (Fsp3) is 0.533. The Kier molecular flexibility index (Phi) is 5.63. The zero-order valence-corrected chi connectivity index (χ0v) is 12.6. The molecule has 0 fully saturated rings. The van der Waals surface area contributed by atoms with Gasteiger partial charge in [-0.1, -0.05) is 26.8 Å². The highest BCUT2D eigenvalue weighted by atomic mass is 19.4. The molecule has 6 heteroatoms. The third-order valence-electron chi connectivity index (χ3n) is 3.59. The standard InChI is InChI=1S/C15H21F3N2O/c1-9(2)10(3)8-20-14(21)11-6-5-7-12(13(11)19-4)15(16,17)18/h5-7,9-10,19H,8H2,1-4H3,(H,20,21). The molecule has 1 unspecified atom stereocenters. The van der Waals surface area contributed by atoms with Crippen molar-refractivity contribution < 1.29 is 18.0 Å². The van der Waals surface area contributed by atoms with Crippen molar-refractivity contribution in [2.75, 3.05) is 18.9 Å². The second-order valence-corrected chi connectivity index (χ2v) is 5.41. The molecule has 1 rings (SSSR count). The van der Waals surface area contributed by atoms with Gasteiger partial charge in [0.15, 0.2) is 0 Å². The molecule has 0 heterocycles. The van der Waals surface area contributed by atoms with E-state index in [0.29, 0.717) is 12.5 Å². The Balaban J connectivity index is 3.00. The van der Waals surface area contributed by atoms with Gasteiger partial charge in [0.1, 0.15) is 0 Å². The maximum absolute atomic E-state index is 12.9. The Bertz CT molecular complexity index is 498. The largest absolute Gasteiger partial charge is 0.418 e. The molecule has 0 spiro atoms. The molecule has 3 nitrogen and oxygen atoms in total. The van der Waals surface area contributed by atoms with Crippen molar-refractivity contribution in [2.24, 2.45) is 11.8 Å². The molecule has 0 aliphatic carbocycles. The number of carbonyl (C=O) groups is 1. The minimum Gasteiger partial charge on any atom is -0.387 e. The Morgan fingerprint density at radius 2 is 1.86 bits per heavy atom. The van der Waals surface area contributed by atoms with E-state index in [9.17, 15) is 18.0 Å². The smallest absolute Gasteiger partial charge is 0.387 e. The lowest BCUT2D eigenvalue weighted by Crippen LogP contribution is -2.31. The summed E-state index contributed by atoms with van der Waals surface area (Å²) in [5, 5.41) is 5.17. The summed E-state index contributed by atoms with van der Waals surface area (Å²) < 4.78 is 38.8. The van der Waals surface area contributed by atoms with Gasteiger partial charge in [0.05, 0.1) is 16.8 Å². The maximum Gasteiger partial charge on any atom is 0.418 e. The molecular weight excluding hydrogens is 281 g/mol. The number of hydrogen-bond acceptors (Lipinski definition) is 2. The van der Waals surface area contributed by atoms with E-state index in [0.717, 1.165) is 6.07 Å². The third-order valence-corrected chi connectivity index (χ3v) is 3.59. The minimum atomic E-state index is -4.50. The second-order valence-electron chi connectivity index (χ2n) is 5.41. The molecule has 0 aliphatic heterocycles. The summed E-state index contributed by atoms with van der Waals surface area (Å²) in [7, 11) is 1.37.